The number of rotatable bonds is 5. The summed E-state index contributed by atoms with van der Waals surface area (Å²) in [4.78, 5) is 0.163. The molecule has 0 saturated heterocycles. The van der Waals surface area contributed by atoms with E-state index in [1.165, 1.54) is 31.3 Å². The summed E-state index contributed by atoms with van der Waals surface area (Å²) in [5, 5.41) is 0. The summed E-state index contributed by atoms with van der Waals surface area (Å²) in [6, 6.07) is 15.5. The van der Waals surface area contributed by atoms with Gasteiger partial charge in [0.15, 0.2) is 9.84 Å². The lowest BCUT2D eigenvalue weighted by Gasteiger charge is -2.17. The summed E-state index contributed by atoms with van der Waals surface area (Å²) in [5.74, 6) is -0.603. The second-order valence-electron chi connectivity index (χ2n) is 4.47. The fraction of sp³-hybridized carbons (Fsp3) is 0.143. The van der Waals surface area contributed by atoms with Crippen molar-refractivity contribution >= 4 is 19.9 Å². The van der Waals surface area contributed by atoms with Crippen LogP contribution in [0.1, 0.15) is 0 Å². The lowest BCUT2D eigenvalue weighted by Crippen LogP contribution is -2.32. The van der Waals surface area contributed by atoms with E-state index in [-0.39, 0.29) is 9.79 Å². The molecule has 0 amide bonds. The Bertz CT molecular complexity index is 801. The summed E-state index contributed by atoms with van der Waals surface area (Å²) >= 11 is 0. The van der Waals surface area contributed by atoms with Gasteiger partial charge in [-0.05, 0) is 24.3 Å². The van der Waals surface area contributed by atoms with E-state index in [2.05, 4.69) is 0 Å². The van der Waals surface area contributed by atoms with Crippen molar-refractivity contribution in [2.24, 2.45) is 0 Å². The number of hydrogen-bond acceptors (Lipinski definition) is 4. The van der Waals surface area contributed by atoms with Gasteiger partial charge in [0.1, 0.15) is 5.88 Å². The van der Waals surface area contributed by atoms with Gasteiger partial charge >= 0.3 is 0 Å². The van der Waals surface area contributed by atoms with Crippen LogP contribution >= 0.6 is 0 Å². The van der Waals surface area contributed by atoms with E-state index >= 15 is 0 Å². The molecule has 0 atom stereocenters. The van der Waals surface area contributed by atoms with E-state index in [9.17, 15) is 16.8 Å². The van der Waals surface area contributed by atoms with Crippen LogP contribution in [-0.2, 0) is 19.9 Å². The fourth-order valence-electron chi connectivity index (χ4n) is 1.78. The quantitative estimate of drug-likeness (QED) is 0.839. The lowest BCUT2D eigenvalue weighted by molar-refractivity contribution is 0.497. The molecule has 2 rings (SSSR count). The van der Waals surface area contributed by atoms with Crippen molar-refractivity contribution < 1.29 is 16.8 Å². The van der Waals surface area contributed by atoms with E-state index in [0.29, 0.717) is 0 Å². The normalized spacial score (nSPS) is 12.5. The molecule has 21 heavy (non-hydrogen) atoms. The Labute approximate surface area is 124 Å². The molecule has 2 aromatic rings. The molecule has 0 spiro atoms. The number of sulfone groups is 1. The Kier molecular flexibility index (Phi) is 4.46. The van der Waals surface area contributed by atoms with Gasteiger partial charge in [-0.2, -0.15) is 4.31 Å². The summed E-state index contributed by atoms with van der Waals surface area (Å²) < 4.78 is 49.9. The Balaban J connectivity index is 2.28. The zero-order valence-electron chi connectivity index (χ0n) is 11.4. The molecular weight excluding hydrogens is 310 g/mol. The minimum absolute atomic E-state index is 0.0655. The molecule has 0 radical (unpaired) electrons. The van der Waals surface area contributed by atoms with E-state index in [1.807, 2.05) is 0 Å². The van der Waals surface area contributed by atoms with Crippen LogP contribution in [0.3, 0.4) is 0 Å². The number of benzene rings is 2. The summed E-state index contributed by atoms with van der Waals surface area (Å²) in [6.45, 7) is 0. The van der Waals surface area contributed by atoms with Gasteiger partial charge in [0, 0.05) is 7.05 Å². The van der Waals surface area contributed by atoms with Gasteiger partial charge < -0.3 is 0 Å². The minimum atomic E-state index is -3.83. The van der Waals surface area contributed by atoms with Crippen LogP contribution in [0, 0.1) is 0 Å². The molecule has 0 N–H and O–H groups in total. The molecule has 0 aliphatic rings. The highest BCUT2D eigenvalue weighted by Crippen LogP contribution is 2.17. The molecule has 0 aliphatic heterocycles. The zero-order chi connectivity index (χ0) is 15.5. The Morgan fingerprint density at radius 2 is 1.19 bits per heavy atom. The third kappa shape index (κ3) is 3.49. The Morgan fingerprint density at radius 1 is 0.762 bits per heavy atom. The maximum atomic E-state index is 12.3. The second kappa shape index (κ2) is 5.97. The molecule has 0 aliphatic carbocycles. The first-order valence-electron chi connectivity index (χ1n) is 6.13. The molecule has 5 nitrogen and oxygen atoms in total. The monoisotopic (exact) mass is 325 g/mol. The standard InChI is InChI=1S/C14H15NO4S2/c1-15(21(18,19)14-10-6-3-7-11-14)12-20(16,17)13-8-4-2-5-9-13/h2-11H,12H2,1H3. The highest BCUT2D eigenvalue weighted by Gasteiger charge is 2.26. The van der Waals surface area contributed by atoms with Gasteiger partial charge in [0.25, 0.3) is 0 Å². The zero-order valence-corrected chi connectivity index (χ0v) is 13.0. The average molecular weight is 325 g/mol. The van der Waals surface area contributed by atoms with Gasteiger partial charge in [0.2, 0.25) is 10.0 Å². The summed E-state index contributed by atoms with van der Waals surface area (Å²) in [5.41, 5.74) is 0. The van der Waals surface area contributed by atoms with E-state index < -0.39 is 25.7 Å². The number of hydrogen-bond donors (Lipinski definition) is 0. The van der Waals surface area contributed by atoms with Crippen LogP contribution in [0.4, 0.5) is 0 Å². The molecular formula is C14H15NO4S2. The smallest absolute Gasteiger partial charge is 0.222 e. The largest absolute Gasteiger partial charge is 0.243 e. The van der Waals surface area contributed by atoms with E-state index in [4.69, 9.17) is 0 Å². The Morgan fingerprint density at radius 3 is 1.67 bits per heavy atom. The lowest BCUT2D eigenvalue weighted by atomic mass is 10.4. The first kappa shape index (κ1) is 15.7. The molecule has 112 valence electrons. The van der Waals surface area contributed by atoms with Crippen LogP contribution in [-0.4, -0.2) is 34.1 Å². The molecule has 0 unspecified atom stereocenters. The van der Waals surface area contributed by atoms with Crippen molar-refractivity contribution in [3.8, 4) is 0 Å². The first-order chi connectivity index (χ1) is 9.84. The second-order valence-corrected chi connectivity index (χ2v) is 8.48. The van der Waals surface area contributed by atoms with Crippen LogP contribution in [0.5, 0.6) is 0 Å². The maximum absolute atomic E-state index is 12.3. The molecule has 0 saturated carbocycles. The van der Waals surface area contributed by atoms with Crippen molar-refractivity contribution in [3.05, 3.63) is 60.7 Å². The summed E-state index contributed by atoms with van der Waals surface area (Å²) in [6.07, 6.45) is 0. The van der Waals surface area contributed by atoms with Gasteiger partial charge in [-0.15, -0.1) is 0 Å². The fourth-order valence-corrected chi connectivity index (χ4v) is 4.82. The van der Waals surface area contributed by atoms with Crippen molar-refractivity contribution in [2.45, 2.75) is 9.79 Å². The van der Waals surface area contributed by atoms with Crippen LogP contribution in [0.15, 0.2) is 70.5 Å². The first-order valence-corrected chi connectivity index (χ1v) is 9.22. The summed E-state index contributed by atoms with van der Waals surface area (Å²) in [7, 11) is -6.28. The van der Waals surface area contributed by atoms with Crippen molar-refractivity contribution in [1.82, 2.24) is 4.31 Å². The molecule has 2 aromatic carbocycles. The molecule has 0 aromatic heterocycles. The molecule has 0 bridgehead atoms. The highest BCUT2D eigenvalue weighted by atomic mass is 32.2. The average Bonchev–Trinajstić information content (AvgIpc) is 2.48. The van der Waals surface area contributed by atoms with Crippen molar-refractivity contribution in [1.29, 1.82) is 0 Å². The van der Waals surface area contributed by atoms with Gasteiger partial charge in [0.05, 0.1) is 9.79 Å². The maximum Gasteiger partial charge on any atom is 0.243 e. The van der Waals surface area contributed by atoms with E-state index in [1.54, 1.807) is 36.4 Å². The van der Waals surface area contributed by atoms with Gasteiger partial charge in [-0.25, -0.2) is 16.8 Å². The van der Waals surface area contributed by atoms with Crippen molar-refractivity contribution in [2.75, 3.05) is 12.9 Å². The van der Waals surface area contributed by atoms with Crippen molar-refractivity contribution in [3.63, 3.8) is 0 Å². The number of sulfonamides is 1. The third-order valence-electron chi connectivity index (χ3n) is 2.91. The van der Waals surface area contributed by atoms with Gasteiger partial charge in [-0.1, -0.05) is 36.4 Å². The van der Waals surface area contributed by atoms with Crippen LogP contribution in [0.2, 0.25) is 0 Å². The predicted molar refractivity (Wildman–Crippen MR) is 79.9 cm³/mol. The molecule has 7 heteroatoms. The van der Waals surface area contributed by atoms with Gasteiger partial charge in [-0.3, -0.25) is 0 Å². The minimum Gasteiger partial charge on any atom is -0.222 e. The molecule has 0 heterocycles. The predicted octanol–water partition coefficient (Wildman–Crippen LogP) is 1.74. The van der Waals surface area contributed by atoms with Crippen LogP contribution < -0.4 is 0 Å². The number of nitrogens with zero attached hydrogens (tertiary/aromatic N) is 1. The Hall–Kier alpha value is -1.70. The highest BCUT2D eigenvalue weighted by molar-refractivity contribution is 7.93. The molecule has 0 fully saturated rings. The third-order valence-corrected chi connectivity index (χ3v) is 6.60. The van der Waals surface area contributed by atoms with E-state index in [0.717, 1.165) is 4.31 Å². The van der Waals surface area contributed by atoms with Crippen LogP contribution in [0.25, 0.3) is 0 Å². The topological polar surface area (TPSA) is 71.5 Å². The SMILES string of the molecule is CN(CS(=O)(=O)c1ccccc1)S(=O)(=O)c1ccccc1.